The standard InChI is InChI=1S/C24H29ClN2O3/c1-24(2,23(28)29)9-10-26-11-13-27(14-12-26)20-15-17-5-3-4-6-21(17)30-22-8-7-18(25)16-19(20)22/h3-8,16,20H,9-15H2,1-2H3,(H,28,29). The van der Waals surface area contributed by atoms with Crippen LogP contribution in [-0.2, 0) is 11.2 Å². The van der Waals surface area contributed by atoms with E-state index in [1.165, 1.54) is 5.56 Å². The molecule has 1 fully saturated rings. The van der Waals surface area contributed by atoms with Crippen molar-refractivity contribution in [3.05, 3.63) is 58.6 Å². The number of nitrogens with zero attached hydrogens (tertiary/aromatic N) is 2. The molecule has 2 aromatic carbocycles. The summed E-state index contributed by atoms with van der Waals surface area (Å²) in [5, 5.41) is 10.1. The van der Waals surface area contributed by atoms with Crippen LogP contribution in [0, 0.1) is 5.41 Å². The van der Waals surface area contributed by atoms with E-state index in [1.807, 2.05) is 30.3 Å². The Bertz CT molecular complexity index is 922. The summed E-state index contributed by atoms with van der Waals surface area (Å²) in [6.45, 7) is 8.16. The number of para-hydroxylation sites is 1. The van der Waals surface area contributed by atoms with Gasteiger partial charge in [-0.25, -0.2) is 0 Å². The summed E-state index contributed by atoms with van der Waals surface area (Å²) in [5.41, 5.74) is 1.66. The molecule has 1 unspecified atom stereocenters. The van der Waals surface area contributed by atoms with E-state index in [0.717, 1.165) is 61.2 Å². The number of carbonyl (C=O) groups is 1. The Morgan fingerprint density at radius 1 is 1.13 bits per heavy atom. The molecule has 4 rings (SSSR count). The number of fused-ring (bicyclic) bond motifs is 2. The SMILES string of the molecule is CC(C)(CCN1CCN(C2Cc3ccccc3Oc3ccc(Cl)cc32)CC1)C(=O)O. The lowest BCUT2D eigenvalue weighted by Gasteiger charge is -2.40. The molecule has 2 aliphatic rings. The number of hydrogen-bond donors (Lipinski definition) is 1. The van der Waals surface area contributed by atoms with Crippen LogP contribution < -0.4 is 4.74 Å². The van der Waals surface area contributed by atoms with Crippen molar-refractivity contribution in [2.75, 3.05) is 32.7 Å². The highest BCUT2D eigenvalue weighted by Gasteiger charge is 2.32. The molecule has 2 aliphatic heterocycles. The second kappa shape index (κ2) is 8.58. The van der Waals surface area contributed by atoms with E-state index < -0.39 is 11.4 Å². The van der Waals surface area contributed by atoms with Gasteiger partial charge in [0.25, 0.3) is 0 Å². The minimum absolute atomic E-state index is 0.208. The molecular weight excluding hydrogens is 400 g/mol. The van der Waals surface area contributed by atoms with Crippen molar-refractivity contribution in [2.45, 2.75) is 32.7 Å². The molecule has 0 amide bonds. The minimum atomic E-state index is -0.730. The third kappa shape index (κ3) is 4.48. The normalized spacial score (nSPS) is 20.0. The van der Waals surface area contributed by atoms with Gasteiger partial charge in [-0.2, -0.15) is 0 Å². The first kappa shape index (κ1) is 21.2. The van der Waals surface area contributed by atoms with Crippen LogP contribution in [0.2, 0.25) is 5.02 Å². The first-order valence-electron chi connectivity index (χ1n) is 10.6. The Kier molecular flexibility index (Phi) is 6.05. The molecule has 0 saturated carbocycles. The zero-order valence-corrected chi connectivity index (χ0v) is 18.4. The quantitative estimate of drug-likeness (QED) is 0.737. The number of hydrogen-bond acceptors (Lipinski definition) is 4. The van der Waals surface area contributed by atoms with E-state index in [-0.39, 0.29) is 6.04 Å². The summed E-state index contributed by atoms with van der Waals surface area (Å²) < 4.78 is 6.25. The van der Waals surface area contributed by atoms with Gasteiger partial charge in [0.2, 0.25) is 0 Å². The van der Waals surface area contributed by atoms with E-state index in [2.05, 4.69) is 21.9 Å². The number of carboxylic acid groups (broad SMARTS) is 1. The van der Waals surface area contributed by atoms with Crippen LogP contribution in [0.4, 0.5) is 0 Å². The lowest BCUT2D eigenvalue weighted by atomic mass is 9.89. The largest absolute Gasteiger partial charge is 0.481 e. The fraction of sp³-hybridized carbons (Fsp3) is 0.458. The summed E-state index contributed by atoms with van der Waals surface area (Å²) >= 11 is 6.35. The van der Waals surface area contributed by atoms with Crippen LogP contribution in [0.15, 0.2) is 42.5 Å². The number of aliphatic carboxylic acids is 1. The Labute approximate surface area is 183 Å². The van der Waals surface area contributed by atoms with Crippen molar-refractivity contribution in [3.8, 4) is 11.5 Å². The number of benzene rings is 2. The summed E-state index contributed by atoms with van der Waals surface area (Å²) in [6.07, 6.45) is 1.54. The Balaban J connectivity index is 1.49. The van der Waals surface area contributed by atoms with Gasteiger partial charge in [0.05, 0.1) is 5.41 Å². The Morgan fingerprint density at radius 3 is 2.60 bits per heavy atom. The van der Waals surface area contributed by atoms with Gasteiger partial charge in [0.15, 0.2) is 0 Å². The molecule has 5 nitrogen and oxygen atoms in total. The molecule has 1 saturated heterocycles. The average molecular weight is 429 g/mol. The second-order valence-electron chi connectivity index (χ2n) is 8.93. The monoisotopic (exact) mass is 428 g/mol. The second-order valence-corrected chi connectivity index (χ2v) is 9.36. The van der Waals surface area contributed by atoms with Crippen molar-refractivity contribution in [1.29, 1.82) is 0 Å². The molecule has 0 bridgehead atoms. The molecular formula is C24H29ClN2O3. The molecule has 0 spiro atoms. The van der Waals surface area contributed by atoms with Crippen molar-refractivity contribution in [2.24, 2.45) is 5.41 Å². The number of piperazine rings is 1. The van der Waals surface area contributed by atoms with Crippen LogP contribution in [0.3, 0.4) is 0 Å². The summed E-state index contributed by atoms with van der Waals surface area (Å²) in [6, 6.07) is 14.3. The maximum atomic E-state index is 11.4. The Morgan fingerprint density at radius 2 is 1.87 bits per heavy atom. The molecule has 6 heteroatoms. The van der Waals surface area contributed by atoms with Gasteiger partial charge >= 0.3 is 5.97 Å². The van der Waals surface area contributed by atoms with Crippen LogP contribution in [0.25, 0.3) is 0 Å². The average Bonchev–Trinajstić information content (AvgIpc) is 2.89. The lowest BCUT2D eigenvalue weighted by molar-refractivity contribution is -0.147. The summed E-state index contributed by atoms with van der Waals surface area (Å²) in [4.78, 5) is 16.3. The maximum Gasteiger partial charge on any atom is 0.309 e. The van der Waals surface area contributed by atoms with Gasteiger partial charge in [-0.3, -0.25) is 9.69 Å². The third-order valence-electron chi connectivity index (χ3n) is 6.42. The van der Waals surface area contributed by atoms with Gasteiger partial charge in [0.1, 0.15) is 11.5 Å². The van der Waals surface area contributed by atoms with Gasteiger partial charge in [0, 0.05) is 42.8 Å². The van der Waals surface area contributed by atoms with E-state index in [9.17, 15) is 9.90 Å². The molecule has 0 aromatic heterocycles. The predicted octanol–water partition coefficient (Wildman–Crippen LogP) is 4.85. The van der Waals surface area contributed by atoms with Gasteiger partial charge in [-0.05, 0) is 63.1 Å². The van der Waals surface area contributed by atoms with Crippen molar-refractivity contribution in [1.82, 2.24) is 9.80 Å². The number of carboxylic acids is 1. The van der Waals surface area contributed by atoms with E-state index >= 15 is 0 Å². The predicted molar refractivity (Wildman–Crippen MR) is 118 cm³/mol. The zero-order valence-electron chi connectivity index (χ0n) is 17.6. The highest BCUT2D eigenvalue weighted by atomic mass is 35.5. The fourth-order valence-electron chi connectivity index (χ4n) is 4.25. The highest BCUT2D eigenvalue weighted by Crippen LogP contribution is 2.42. The molecule has 2 heterocycles. The van der Waals surface area contributed by atoms with Crippen molar-refractivity contribution < 1.29 is 14.6 Å². The van der Waals surface area contributed by atoms with Crippen molar-refractivity contribution >= 4 is 17.6 Å². The molecule has 160 valence electrons. The van der Waals surface area contributed by atoms with Crippen LogP contribution in [0.1, 0.15) is 37.4 Å². The molecule has 2 aromatic rings. The maximum absolute atomic E-state index is 11.4. The smallest absolute Gasteiger partial charge is 0.309 e. The fourth-order valence-corrected chi connectivity index (χ4v) is 4.43. The van der Waals surface area contributed by atoms with Gasteiger partial charge in [-0.1, -0.05) is 29.8 Å². The minimum Gasteiger partial charge on any atom is -0.481 e. The third-order valence-corrected chi connectivity index (χ3v) is 6.65. The lowest BCUT2D eigenvalue weighted by Crippen LogP contribution is -2.48. The summed E-state index contributed by atoms with van der Waals surface area (Å²) in [5.74, 6) is 1.06. The Hall–Kier alpha value is -2.08. The summed E-state index contributed by atoms with van der Waals surface area (Å²) in [7, 11) is 0. The van der Waals surface area contributed by atoms with Crippen LogP contribution in [-0.4, -0.2) is 53.6 Å². The van der Waals surface area contributed by atoms with Crippen molar-refractivity contribution in [3.63, 3.8) is 0 Å². The van der Waals surface area contributed by atoms with Crippen LogP contribution in [0.5, 0.6) is 11.5 Å². The molecule has 1 atom stereocenters. The van der Waals surface area contributed by atoms with Gasteiger partial charge < -0.3 is 14.7 Å². The van der Waals surface area contributed by atoms with E-state index in [1.54, 1.807) is 13.8 Å². The molecule has 0 aliphatic carbocycles. The highest BCUT2D eigenvalue weighted by molar-refractivity contribution is 6.30. The number of ether oxygens (including phenoxy) is 1. The van der Waals surface area contributed by atoms with E-state index in [0.29, 0.717) is 6.42 Å². The number of halogens is 1. The molecule has 30 heavy (non-hydrogen) atoms. The van der Waals surface area contributed by atoms with Gasteiger partial charge in [-0.15, -0.1) is 0 Å². The first-order chi connectivity index (χ1) is 14.3. The molecule has 0 radical (unpaired) electrons. The van der Waals surface area contributed by atoms with E-state index in [4.69, 9.17) is 16.3 Å². The topological polar surface area (TPSA) is 53.0 Å². The first-order valence-corrected chi connectivity index (χ1v) is 11.0. The molecule has 1 N–H and O–H groups in total. The zero-order chi connectivity index (χ0) is 21.3. The van der Waals surface area contributed by atoms with Crippen LogP contribution >= 0.6 is 11.6 Å². The number of rotatable bonds is 5.